The molecule has 0 fully saturated rings. The predicted molar refractivity (Wildman–Crippen MR) is 110 cm³/mol. The van der Waals surface area contributed by atoms with Crippen LogP contribution in [0.25, 0.3) is 0 Å². The van der Waals surface area contributed by atoms with Gasteiger partial charge < -0.3 is 15.5 Å². The van der Waals surface area contributed by atoms with Crippen LogP contribution in [-0.4, -0.2) is 44.0 Å². The molecule has 0 spiro atoms. The van der Waals surface area contributed by atoms with Gasteiger partial charge in [-0.2, -0.15) is 0 Å². The van der Waals surface area contributed by atoms with E-state index in [0.717, 1.165) is 32.4 Å². The Morgan fingerprint density at radius 2 is 1.91 bits per heavy atom. The van der Waals surface area contributed by atoms with Gasteiger partial charge in [-0.3, -0.25) is 4.79 Å². The second kappa shape index (κ2) is 12.6. The van der Waals surface area contributed by atoms with E-state index in [1.807, 2.05) is 11.3 Å². The van der Waals surface area contributed by atoms with Gasteiger partial charge in [0, 0.05) is 30.4 Å². The number of rotatable bonds is 8. The first kappa shape index (κ1) is 22.2. The Morgan fingerprint density at radius 1 is 1.22 bits per heavy atom. The van der Waals surface area contributed by atoms with E-state index in [9.17, 15) is 4.79 Å². The number of halogens is 1. The van der Waals surface area contributed by atoms with Crippen molar-refractivity contribution < 1.29 is 4.79 Å². The zero-order chi connectivity index (χ0) is 16.4. The fourth-order valence-electron chi connectivity index (χ4n) is 1.72. The van der Waals surface area contributed by atoms with Crippen molar-refractivity contribution in [3.05, 3.63) is 21.9 Å². The van der Waals surface area contributed by atoms with Gasteiger partial charge in [0.25, 0.3) is 0 Å². The molecule has 23 heavy (non-hydrogen) atoms. The van der Waals surface area contributed by atoms with Crippen molar-refractivity contribution in [2.75, 3.05) is 27.2 Å². The van der Waals surface area contributed by atoms with Crippen LogP contribution < -0.4 is 10.6 Å². The Kier molecular flexibility index (Phi) is 12.1. The number of amides is 1. The largest absolute Gasteiger partial charge is 0.356 e. The lowest BCUT2D eigenvalue weighted by Crippen LogP contribution is -2.38. The number of carbonyl (C=O) groups is 1. The van der Waals surface area contributed by atoms with Gasteiger partial charge in [-0.25, -0.2) is 4.99 Å². The van der Waals surface area contributed by atoms with Crippen molar-refractivity contribution in [1.82, 2.24) is 15.5 Å². The molecule has 0 radical (unpaired) electrons. The van der Waals surface area contributed by atoms with Crippen LogP contribution in [0.1, 0.15) is 36.4 Å². The summed E-state index contributed by atoms with van der Waals surface area (Å²) >= 11 is 1.81. The average molecular weight is 452 g/mol. The third-order valence-electron chi connectivity index (χ3n) is 3.19. The maximum absolute atomic E-state index is 11.7. The van der Waals surface area contributed by atoms with Crippen LogP contribution in [0.4, 0.5) is 0 Å². The number of nitrogens with one attached hydrogen (secondary N) is 2. The third-order valence-corrected chi connectivity index (χ3v) is 4.42. The summed E-state index contributed by atoms with van der Waals surface area (Å²) in [6.45, 7) is 6.08. The highest BCUT2D eigenvalue weighted by Crippen LogP contribution is 2.16. The Morgan fingerprint density at radius 3 is 2.48 bits per heavy atom. The second-order valence-corrected chi connectivity index (χ2v) is 6.56. The van der Waals surface area contributed by atoms with Crippen LogP contribution in [0.3, 0.4) is 0 Å². The fraction of sp³-hybridized carbons (Fsp3) is 0.625. The Labute approximate surface area is 161 Å². The van der Waals surface area contributed by atoms with Crippen LogP contribution in [0.2, 0.25) is 0 Å². The van der Waals surface area contributed by atoms with E-state index in [1.165, 1.54) is 9.75 Å². The smallest absolute Gasteiger partial charge is 0.243 e. The third kappa shape index (κ3) is 9.14. The molecular weight excluding hydrogens is 423 g/mol. The number of guanidine groups is 1. The van der Waals surface area contributed by atoms with Gasteiger partial charge in [-0.05, 0) is 25.0 Å². The Balaban J connectivity index is 0.00000484. The minimum Gasteiger partial charge on any atom is -0.356 e. The molecule has 7 heteroatoms. The molecule has 5 nitrogen and oxygen atoms in total. The summed E-state index contributed by atoms with van der Waals surface area (Å²) in [5.41, 5.74) is 0. The highest BCUT2D eigenvalue weighted by molar-refractivity contribution is 14.0. The lowest BCUT2D eigenvalue weighted by Gasteiger charge is -2.13. The summed E-state index contributed by atoms with van der Waals surface area (Å²) in [4.78, 5) is 20.2. The van der Waals surface area contributed by atoms with Gasteiger partial charge in [0.15, 0.2) is 5.96 Å². The van der Waals surface area contributed by atoms with Gasteiger partial charge in [0.05, 0.1) is 6.54 Å². The van der Waals surface area contributed by atoms with E-state index in [0.29, 0.717) is 5.96 Å². The molecule has 0 aliphatic rings. The van der Waals surface area contributed by atoms with E-state index >= 15 is 0 Å². The SMILES string of the molecule is CCCCNC(=NCC(=O)N(C)C)NCc1ccc(CC)s1.I. The molecule has 1 aromatic heterocycles. The molecule has 1 heterocycles. The second-order valence-electron chi connectivity index (χ2n) is 5.31. The molecule has 1 aromatic rings. The molecule has 0 bridgehead atoms. The van der Waals surface area contributed by atoms with Crippen molar-refractivity contribution in [1.29, 1.82) is 0 Å². The van der Waals surface area contributed by atoms with E-state index < -0.39 is 0 Å². The molecule has 0 unspecified atom stereocenters. The van der Waals surface area contributed by atoms with Crippen LogP contribution in [0.15, 0.2) is 17.1 Å². The van der Waals surface area contributed by atoms with Crippen molar-refractivity contribution in [2.45, 2.75) is 39.7 Å². The Hall–Kier alpha value is -0.830. The normalized spacial score (nSPS) is 10.9. The molecule has 2 N–H and O–H groups in total. The summed E-state index contributed by atoms with van der Waals surface area (Å²) in [6, 6.07) is 4.31. The van der Waals surface area contributed by atoms with Crippen LogP contribution in [-0.2, 0) is 17.8 Å². The van der Waals surface area contributed by atoms with Crippen molar-refractivity contribution in [3.63, 3.8) is 0 Å². The highest BCUT2D eigenvalue weighted by Gasteiger charge is 2.05. The minimum atomic E-state index is 0. The molecule has 0 aliphatic heterocycles. The predicted octanol–water partition coefficient (Wildman–Crippen LogP) is 2.85. The van der Waals surface area contributed by atoms with Gasteiger partial charge in [0.2, 0.25) is 5.91 Å². The highest BCUT2D eigenvalue weighted by atomic mass is 127. The first-order chi connectivity index (χ1) is 10.6. The first-order valence-electron chi connectivity index (χ1n) is 7.86. The zero-order valence-electron chi connectivity index (χ0n) is 14.5. The van der Waals surface area contributed by atoms with Crippen molar-refractivity contribution in [2.24, 2.45) is 4.99 Å². The molecule has 0 aromatic carbocycles. The quantitative estimate of drug-likeness (QED) is 0.276. The molecule has 132 valence electrons. The average Bonchev–Trinajstić information content (AvgIpc) is 2.97. The van der Waals surface area contributed by atoms with Crippen LogP contribution in [0.5, 0.6) is 0 Å². The molecule has 0 saturated carbocycles. The molecule has 0 aliphatic carbocycles. The maximum Gasteiger partial charge on any atom is 0.243 e. The zero-order valence-corrected chi connectivity index (χ0v) is 17.7. The molecule has 1 rings (SSSR count). The van der Waals surface area contributed by atoms with E-state index in [1.54, 1.807) is 19.0 Å². The molecular formula is C16H29IN4OS. The topological polar surface area (TPSA) is 56.7 Å². The lowest BCUT2D eigenvalue weighted by atomic mass is 10.3. The van der Waals surface area contributed by atoms with Gasteiger partial charge in [-0.15, -0.1) is 35.3 Å². The van der Waals surface area contributed by atoms with E-state index in [2.05, 4.69) is 41.6 Å². The number of aryl methyl sites for hydroxylation is 1. The molecule has 0 saturated heterocycles. The summed E-state index contributed by atoms with van der Waals surface area (Å²) < 4.78 is 0. The number of nitrogens with zero attached hydrogens (tertiary/aromatic N) is 2. The maximum atomic E-state index is 11.7. The Bertz CT molecular complexity index is 488. The number of likely N-dealkylation sites (N-methyl/N-ethyl adjacent to an activating group) is 1. The van der Waals surface area contributed by atoms with Gasteiger partial charge in [0.1, 0.15) is 6.54 Å². The lowest BCUT2D eigenvalue weighted by molar-refractivity contribution is -0.127. The number of carbonyl (C=O) groups excluding carboxylic acids is 1. The summed E-state index contributed by atoms with van der Waals surface area (Å²) in [6.07, 6.45) is 3.28. The molecule has 0 atom stereocenters. The monoisotopic (exact) mass is 452 g/mol. The van der Waals surface area contributed by atoms with Crippen molar-refractivity contribution in [3.8, 4) is 0 Å². The minimum absolute atomic E-state index is 0. The van der Waals surface area contributed by atoms with Gasteiger partial charge in [-0.1, -0.05) is 20.3 Å². The number of aliphatic imine (C=N–C) groups is 1. The van der Waals surface area contributed by atoms with Gasteiger partial charge >= 0.3 is 0 Å². The number of hydrogen-bond acceptors (Lipinski definition) is 3. The van der Waals surface area contributed by atoms with Crippen molar-refractivity contribution >= 4 is 47.2 Å². The summed E-state index contributed by atoms with van der Waals surface area (Å²) in [5, 5.41) is 6.58. The summed E-state index contributed by atoms with van der Waals surface area (Å²) in [5.74, 6) is 0.705. The molecule has 1 amide bonds. The number of hydrogen-bond donors (Lipinski definition) is 2. The van der Waals surface area contributed by atoms with Crippen LogP contribution >= 0.6 is 35.3 Å². The standard InChI is InChI=1S/C16H28N4OS.HI/c1-5-7-10-17-16(19-12-15(21)20(3)4)18-11-14-9-8-13(6-2)22-14;/h8-9H,5-7,10-12H2,1-4H3,(H2,17,18,19);1H. The number of unbranched alkanes of at least 4 members (excludes halogenated alkanes) is 1. The first-order valence-corrected chi connectivity index (χ1v) is 8.68. The number of thiophene rings is 1. The van der Waals surface area contributed by atoms with E-state index in [4.69, 9.17) is 0 Å². The fourth-order valence-corrected chi connectivity index (χ4v) is 2.62. The van der Waals surface area contributed by atoms with Crippen LogP contribution in [0, 0.1) is 0 Å². The summed E-state index contributed by atoms with van der Waals surface area (Å²) in [7, 11) is 3.49. The van der Waals surface area contributed by atoms with E-state index in [-0.39, 0.29) is 36.4 Å².